The van der Waals surface area contributed by atoms with Crippen molar-refractivity contribution in [2.24, 2.45) is 13.0 Å². The van der Waals surface area contributed by atoms with Gasteiger partial charge in [0, 0.05) is 25.2 Å². The maximum absolute atomic E-state index is 13.4. The van der Waals surface area contributed by atoms with E-state index in [1.807, 2.05) is 0 Å². The Morgan fingerprint density at radius 2 is 2.03 bits per heavy atom. The molecule has 0 aliphatic carbocycles. The number of amides is 3. The monoisotopic (exact) mass is 503 g/mol. The molecule has 10 heteroatoms. The van der Waals surface area contributed by atoms with Gasteiger partial charge in [0.05, 0.1) is 23.8 Å². The lowest BCUT2D eigenvalue weighted by molar-refractivity contribution is -0.122. The molecule has 1 aliphatic heterocycles. The third-order valence-electron chi connectivity index (χ3n) is 5.61. The molecule has 1 aromatic heterocycles. The Kier molecular flexibility index (Phi) is 9.14. The molecule has 0 fully saturated rings. The van der Waals surface area contributed by atoms with Gasteiger partial charge in [-0.2, -0.15) is 5.10 Å². The van der Waals surface area contributed by atoms with Crippen molar-refractivity contribution >= 4 is 29.3 Å². The predicted molar refractivity (Wildman–Crippen MR) is 134 cm³/mol. The van der Waals surface area contributed by atoms with Crippen LogP contribution in [0.1, 0.15) is 60.2 Å². The zero-order valence-electron chi connectivity index (χ0n) is 20.8. The molecule has 190 valence electrons. The number of rotatable bonds is 3. The summed E-state index contributed by atoms with van der Waals surface area (Å²) < 4.78 is 7.39. The van der Waals surface area contributed by atoms with Crippen LogP contribution in [0.25, 0.3) is 0 Å². The summed E-state index contributed by atoms with van der Waals surface area (Å²) in [5, 5.41) is 10.7. The van der Waals surface area contributed by atoms with Crippen molar-refractivity contribution in [3.8, 4) is 5.75 Å². The molecular formula is C25H34ClN5O4. The van der Waals surface area contributed by atoms with Crippen LogP contribution in [0, 0.1) is 5.92 Å². The van der Waals surface area contributed by atoms with E-state index >= 15 is 0 Å². The number of carbonyl (C=O) groups is 3. The summed E-state index contributed by atoms with van der Waals surface area (Å²) in [4.78, 5) is 40.4. The first-order chi connectivity index (χ1) is 16.6. The van der Waals surface area contributed by atoms with Crippen LogP contribution in [-0.4, -0.2) is 64.7 Å². The van der Waals surface area contributed by atoms with Gasteiger partial charge in [0.1, 0.15) is 18.1 Å². The number of hydrogen-bond donors (Lipinski definition) is 2. The van der Waals surface area contributed by atoms with Crippen LogP contribution < -0.4 is 15.4 Å². The molecule has 0 unspecified atom stereocenters. The molecule has 0 saturated heterocycles. The number of aromatic nitrogens is 2. The number of fused-ring (bicyclic) bond motifs is 1. The molecule has 3 amide bonds. The minimum absolute atomic E-state index is 0.0770. The molecule has 1 atom stereocenters. The first-order valence-electron chi connectivity index (χ1n) is 12.0. The average Bonchev–Trinajstić information content (AvgIpc) is 3.14. The molecule has 0 bridgehead atoms. The highest BCUT2D eigenvalue weighted by Gasteiger charge is 2.24. The van der Waals surface area contributed by atoms with Crippen molar-refractivity contribution < 1.29 is 19.1 Å². The molecule has 35 heavy (non-hydrogen) atoms. The molecule has 2 N–H and O–H groups in total. The maximum Gasteiger partial charge on any atom is 0.272 e. The lowest BCUT2D eigenvalue weighted by atomic mass is 10.1. The summed E-state index contributed by atoms with van der Waals surface area (Å²) >= 11 is 6.08. The van der Waals surface area contributed by atoms with Crippen LogP contribution in [0.5, 0.6) is 5.75 Å². The highest BCUT2D eigenvalue weighted by atomic mass is 35.5. The smallest absolute Gasteiger partial charge is 0.272 e. The Morgan fingerprint density at radius 3 is 2.77 bits per heavy atom. The third-order valence-corrected chi connectivity index (χ3v) is 5.85. The molecule has 0 spiro atoms. The lowest BCUT2D eigenvalue weighted by Gasteiger charge is -2.23. The fourth-order valence-corrected chi connectivity index (χ4v) is 4.11. The van der Waals surface area contributed by atoms with Crippen LogP contribution in [0.15, 0.2) is 24.3 Å². The van der Waals surface area contributed by atoms with Gasteiger partial charge in [-0.1, -0.05) is 25.4 Å². The minimum Gasteiger partial charge on any atom is -0.491 e. The predicted octanol–water partition coefficient (Wildman–Crippen LogP) is 2.82. The second kappa shape index (κ2) is 12.1. The summed E-state index contributed by atoms with van der Waals surface area (Å²) in [5.41, 5.74) is 1.64. The summed E-state index contributed by atoms with van der Waals surface area (Å²) in [6, 6.07) is 6.32. The van der Waals surface area contributed by atoms with Gasteiger partial charge >= 0.3 is 0 Å². The number of benzene rings is 1. The van der Waals surface area contributed by atoms with Crippen LogP contribution in [-0.2, 0) is 18.3 Å². The Labute approximate surface area is 211 Å². The summed E-state index contributed by atoms with van der Waals surface area (Å²) in [5.74, 6) is 0.00461. The van der Waals surface area contributed by atoms with Crippen molar-refractivity contribution in [2.45, 2.75) is 46.1 Å². The summed E-state index contributed by atoms with van der Waals surface area (Å²) in [6.07, 6.45) is 2.02. The summed E-state index contributed by atoms with van der Waals surface area (Å²) in [6.45, 7) is 6.87. The number of ether oxygens (including phenoxy) is 1. The van der Waals surface area contributed by atoms with Crippen LogP contribution in [0.4, 0.5) is 0 Å². The van der Waals surface area contributed by atoms with Gasteiger partial charge in [0.25, 0.3) is 11.8 Å². The van der Waals surface area contributed by atoms with E-state index in [9.17, 15) is 14.4 Å². The van der Waals surface area contributed by atoms with Crippen molar-refractivity contribution in [1.82, 2.24) is 25.3 Å². The van der Waals surface area contributed by atoms with Crippen molar-refractivity contribution in [1.29, 1.82) is 0 Å². The van der Waals surface area contributed by atoms with Gasteiger partial charge in [-0.3, -0.25) is 19.1 Å². The van der Waals surface area contributed by atoms with E-state index in [0.717, 1.165) is 12.1 Å². The molecule has 0 saturated carbocycles. The average molecular weight is 504 g/mol. The highest BCUT2D eigenvalue weighted by Crippen LogP contribution is 2.23. The van der Waals surface area contributed by atoms with E-state index in [4.69, 9.17) is 16.3 Å². The Morgan fingerprint density at radius 1 is 1.26 bits per heavy atom. The highest BCUT2D eigenvalue weighted by molar-refractivity contribution is 6.31. The van der Waals surface area contributed by atoms with Gasteiger partial charge in [0.2, 0.25) is 5.91 Å². The number of nitrogens with zero attached hydrogens (tertiary/aromatic N) is 3. The fourth-order valence-electron chi connectivity index (χ4n) is 3.94. The molecule has 2 heterocycles. The number of carbonyl (C=O) groups excluding carboxylic acids is 3. The molecule has 0 radical (unpaired) electrons. The maximum atomic E-state index is 13.4. The van der Waals surface area contributed by atoms with Gasteiger partial charge in [-0.15, -0.1) is 0 Å². The van der Waals surface area contributed by atoms with Gasteiger partial charge in [0.15, 0.2) is 0 Å². The molecule has 2 aromatic rings. The van der Waals surface area contributed by atoms with Gasteiger partial charge in [-0.25, -0.2) is 0 Å². The lowest BCUT2D eigenvalue weighted by Crippen LogP contribution is -2.45. The normalized spacial score (nSPS) is 18.1. The molecule has 3 rings (SSSR count). The Bertz CT molecular complexity index is 1070. The van der Waals surface area contributed by atoms with Crippen LogP contribution >= 0.6 is 11.6 Å². The van der Waals surface area contributed by atoms with E-state index in [1.165, 1.54) is 4.90 Å². The van der Waals surface area contributed by atoms with E-state index in [1.54, 1.807) is 42.9 Å². The molecule has 1 aliphatic rings. The van der Waals surface area contributed by atoms with E-state index in [2.05, 4.69) is 29.6 Å². The molecule has 1 aromatic carbocycles. The standard InChI is InChI=1S/C25H34ClN5O4/c1-16(2)11-19-13-21(30(4)29-19)25(34)31-10-6-5-9-27-24(33)20-12-18(26)7-8-22(20)35-15-17(3)28-23(32)14-31/h7-8,12-13,16-17H,5-6,9-11,14-15H2,1-4H3,(H,27,33)(H,28,32)/t17-/m0/s1. The summed E-state index contributed by atoms with van der Waals surface area (Å²) in [7, 11) is 1.74. The number of nitrogens with one attached hydrogen (secondary N) is 2. The van der Waals surface area contributed by atoms with Crippen molar-refractivity contribution in [3.05, 3.63) is 46.2 Å². The van der Waals surface area contributed by atoms with Crippen molar-refractivity contribution in [2.75, 3.05) is 26.2 Å². The Balaban J connectivity index is 1.76. The number of halogens is 1. The first-order valence-corrected chi connectivity index (χ1v) is 12.3. The molecule has 9 nitrogen and oxygen atoms in total. The quantitative estimate of drug-likeness (QED) is 0.670. The van der Waals surface area contributed by atoms with Gasteiger partial charge < -0.3 is 20.3 Å². The Hall–Kier alpha value is -3.07. The van der Waals surface area contributed by atoms with E-state index < -0.39 is 0 Å². The second-order valence-electron chi connectivity index (χ2n) is 9.35. The number of aryl methyl sites for hydroxylation is 1. The minimum atomic E-state index is -0.342. The second-order valence-corrected chi connectivity index (χ2v) is 9.79. The largest absolute Gasteiger partial charge is 0.491 e. The molecular weight excluding hydrogens is 470 g/mol. The van der Waals surface area contributed by atoms with E-state index in [-0.39, 0.29) is 36.9 Å². The van der Waals surface area contributed by atoms with Crippen LogP contribution in [0.3, 0.4) is 0 Å². The number of hydrogen-bond acceptors (Lipinski definition) is 5. The first kappa shape index (κ1) is 26.5. The van der Waals surface area contributed by atoms with Gasteiger partial charge in [-0.05, 0) is 56.4 Å². The topological polar surface area (TPSA) is 106 Å². The zero-order valence-corrected chi connectivity index (χ0v) is 21.5. The SMILES string of the molecule is CC(C)Cc1cc(C(=O)N2CCCCNC(=O)c3cc(Cl)ccc3OC[C@H](C)NC(=O)C2)n(C)n1. The zero-order chi connectivity index (χ0) is 25.5. The van der Waals surface area contributed by atoms with Crippen molar-refractivity contribution in [3.63, 3.8) is 0 Å². The van der Waals surface area contributed by atoms with Crippen LogP contribution in [0.2, 0.25) is 5.02 Å². The third kappa shape index (κ3) is 7.45. The van der Waals surface area contributed by atoms with E-state index in [0.29, 0.717) is 53.9 Å². The fraction of sp³-hybridized carbons (Fsp3) is 0.520.